The molecule has 1 saturated heterocycles. The average Bonchev–Trinajstić information content (AvgIpc) is 2.81. The first kappa shape index (κ1) is 16.5. The van der Waals surface area contributed by atoms with Gasteiger partial charge in [-0.05, 0) is 33.6 Å². The lowest BCUT2D eigenvalue weighted by Crippen LogP contribution is -2.45. The third-order valence-corrected chi connectivity index (χ3v) is 4.10. The average molecular weight is 333 g/mol. The molecule has 21 heavy (non-hydrogen) atoms. The number of likely N-dealkylation sites (tertiary alicyclic amines) is 1. The number of thiazole rings is 1. The van der Waals surface area contributed by atoms with Crippen molar-refractivity contribution in [2.75, 3.05) is 13.1 Å². The monoisotopic (exact) mass is 332 g/mol. The lowest BCUT2D eigenvalue weighted by Gasteiger charge is -2.33. The maximum absolute atomic E-state index is 12.1. The zero-order valence-corrected chi connectivity index (χ0v) is 14.2. The number of piperidine rings is 1. The second-order valence-corrected chi connectivity index (χ2v) is 7.78. The van der Waals surface area contributed by atoms with Gasteiger partial charge in [0.1, 0.15) is 5.60 Å². The van der Waals surface area contributed by atoms with Crippen LogP contribution in [0.2, 0.25) is 4.47 Å². The molecular weight excluding hydrogens is 312 g/mol. The summed E-state index contributed by atoms with van der Waals surface area (Å²) in [5.74, 6) is 0. The number of rotatable bonds is 3. The van der Waals surface area contributed by atoms with Gasteiger partial charge in [-0.2, -0.15) is 0 Å². The molecule has 1 amide bonds. The normalized spacial score (nSPS) is 19.6. The van der Waals surface area contributed by atoms with Gasteiger partial charge in [-0.25, -0.2) is 9.78 Å². The van der Waals surface area contributed by atoms with E-state index >= 15 is 0 Å². The minimum Gasteiger partial charge on any atom is -0.444 e. The van der Waals surface area contributed by atoms with Crippen molar-refractivity contribution in [2.45, 2.75) is 51.9 Å². The number of ether oxygens (including phenoxy) is 2. The molecule has 0 N–H and O–H groups in total. The molecule has 1 aromatic rings. The molecule has 0 bridgehead atoms. The Morgan fingerprint density at radius 3 is 2.95 bits per heavy atom. The van der Waals surface area contributed by atoms with Gasteiger partial charge in [-0.1, -0.05) is 11.6 Å². The van der Waals surface area contributed by atoms with E-state index in [0.29, 0.717) is 17.6 Å². The van der Waals surface area contributed by atoms with Gasteiger partial charge >= 0.3 is 6.09 Å². The summed E-state index contributed by atoms with van der Waals surface area (Å²) in [4.78, 5) is 18.8. The summed E-state index contributed by atoms with van der Waals surface area (Å²) in [7, 11) is 0. The molecule has 5 nitrogen and oxygen atoms in total. The van der Waals surface area contributed by atoms with Crippen LogP contribution in [-0.4, -0.2) is 40.8 Å². The van der Waals surface area contributed by atoms with Crippen LogP contribution in [-0.2, 0) is 16.1 Å². The smallest absolute Gasteiger partial charge is 0.410 e. The number of halogens is 1. The second-order valence-electron chi connectivity index (χ2n) is 6.08. The van der Waals surface area contributed by atoms with E-state index in [0.717, 1.165) is 24.3 Å². The van der Waals surface area contributed by atoms with Crippen LogP contribution in [0.3, 0.4) is 0 Å². The van der Waals surface area contributed by atoms with Gasteiger partial charge in [-0.15, -0.1) is 11.3 Å². The first-order valence-electron chi connectivity index (χ1n) is 7.03. The first-order valence-corrected chi connectivity index (χ1v) is 8.23. The molecule has 0 spiro atoms. The lowest BCUT2D eigenvalue weighted by molar-refractivity contribution is -0.0253. The Hall–Kier alpha value is -0.850. The van der Waals surface area contributed by atoms with E-state index in [-0.39, 0.29) is 12.2 Å². The summed E-state index contributed by atoms with van der Waals surface area (Å²) in [5, 5.41) is 0. The molecule has 118 valence electrons. The molecule has 0 aliphatic carbocycles. The Kier molecular flexibility index (Phi) is 5.46. The fourth-order valence-electron chi connectivity index (χ4n) is 2.12. The van der Waals surface area contributed by atoms with Crippen LogP contribution in [0, 0.1) is 0 Å². The van der Waals surface area contributed by atoms with Crippen molar-refractivity contribution in [2.24, 2.45) is 0 Å². The minimum absolute atomic E-state index is 0.0344. The Bertz CT molecular complexity index is 487. The number of hydrogen-bond acceptors (Lipinski definition) is 5. The topological polar surface area (TPSA) is 51.7 Å². The molecule has 2 heterocycles. The Morgan fingerprint density at radius 2 is 2.33 bits per heavy atom. The lowest BCUT2D eigenvalue weighted by atomic mass is 10.1. The van der Waals surface area contributed by atoms with Gasteiger partial charge in [0.25, 0.3) is 0 Å². The summed E-state index contributed by atoms with van der Waals surface area (Å²) in [6.45, 7) is 7.39. The molecule has 1 aromatic heterocycles. The van der Waals surface area contributed by atoms with Crippen molar-refractivity contribution in [1.82, 2.24) is 9.88 Å². The van der Waals surface area contributed by atoms with E-state index in [1.54, 1.807) is 11.1 Å². The van der Waals surface area contributed by atoms with Crippen molar-refractivity contribution in [3.63, 3.8) is 0 Å². The van der Waals surface area contributed by atoms with Crippen LogP contribution < -0.4 is 0 Å². The highest BCUT2D eigenvalue weighted by Gasteiger charge is 2.28. The van der Waals surface area contributed by atoms with Crippen LogP contribution in [0.1, 0.15) is 38.5 Å². The molecule has 7 heteroatoms. The fourth-order valence-corrected chi connectivity index (χ4v) is 3.02. The van der Waals surface area contributed by atoms with Gasteiger partial charge < -0.3 is 14.4 Å². The number of hydrogen-bond donors (Lipinski definition) is 0. The van der Waals surface area contributed by atoms with Crippen molar-refractivity contribution >= 4 is 29.0 Å². The summed E-state index contributed by atoms with van der Waals surface area (Å²) >= 11 is 7.21. The maximum Gasteiger partial charge on any atom is 0.410 e. The molecule has 0 aromatic carbocycles. The van der Waals surface area contributed by atoms with Crippen LogP contribution >= 0.6 is 22.9 Å². The molecule has 1 fully saturated rings. The third-order valence-electron chi connectivity index (χ3n) is 3.02. The van der Waals surface area contributed by atoms with Crippen LogP contribution in [0.4, 0.5) is 4.79 Å². The summed E-state index contributed by atoms with van der Waals surface area (Å²) in [6.07, 6.45) is 3.37. The van der Waals surface area contributed by atoms with Gasteiger partial charge in [-0.3, -0.25) is 0 Å². The predicted molar refractivity (Wildman–Crippen MR) is 82.7 cm³/mol. The van der Waals surface area contributed by atoms with Gasteiger partial charge in [0.2, 0.25) is 0 Å². The molecular formula is C14H21ClN2O3S. The molecule has 1 aliphatic heterocycles. The van der Waals surface area contributed by atoms with Crippen LogP contribution in [0.15, 0.2) is 6.20 Å². The second kappa shape index (κ2) is 6.94. The number of aromatic nitrogens is 1. The fraction of sp³-hybridized carbons (Fsp3) is 0.714. The van der Waals surface area contributed by atoms with Crippen molar-refractivity contribution in [1.29, 1.82) is 0 Å². The van der Waals surface area contributed by atoms with E-state index in [1.165, 1.54) is 11.3 Å². The van der Waals surface area contributed by atoms with Crippen molar-refractivity contribution in [3.05, 3.63) is 15.5 Å². The predicted octanol–water partition coefficient (Wildman–Crippen LogP) is 3.71. The molecule has 0 unspecified atom stereocenters. The third kappa shape index (κ3) is 5.45. The van der Waals surface area contributed by atoms with Crippen molar-refractivity contribution in [3.8, 4) is 0 Å². The SMILES string of the molecule is CC(C)(C)OC(=O)N1CCC[C@H](OCc2cnc(Cl)s2)C1. The Balaban J connectivity index is 1.81. The zero-order valence-electron chi connectivity index (χ0n) is 12.6. The van der Waals surface area contributed by atoms with Crippen LogP contribution in [0.5, 0.6) is 0 Å². The molecule has 0 radical (unpaired) electrons. The van der Waals surface area contributed by atoms with Gasteiger partial charge in [0, 0.05) is 12.7 Å². The molecule has 1 atom stereocenters. The summed E-state index contributed by atoms with van der Waals surface area (Å²) in [5.41, 5.74) is -0.468. The van der Waals surface area contributed by atoms with Crippen LogP contribution in [0.25, 0.3) is 0 Å². The summed E-state index contributed by atoms with van der Waals surface area (Å²) in [6, 6.07) is 0. The van der Waals surface area contributed by atoms with E-state index < -0.39 is 5.60 Å². The first-order chi connectivity index (χ1) is 9.83. The Morgan fingerprint density at radius 1 is 1.57 bits per heavy atom. The van der Waals surface area contributed by atoms with Gasteiger partial charge in [0.05, 0.1) is 24.1 Å². The van der Waals surface area contributed by atoms with E-state index in [2.05, 4.69) is 4.98 Å². The van der Waals surface area contributed by atoms with Crippen molar-refractivity contribution < 1.29 is 14.3 Å². The van der Waals surface area contributed by atoms with E-state index in [9.17, 15) is 4.79 Å². The number of nitrogens with zero attached hydrogens (tertiary/aromatic N) is 2. The number of amides is 1. The highest BCUT2D eigenvalue weighted by molar-refractivity contribution is 7.15. The number of carbonyl (C=O) groups excluding carboxylic acids is 1. The molecule has 1 aliphatic rings. The maximum atomic E-state index is 12.1. The number of carbonyl (C=O) groups is 1. The minimum atomic E-state index is -0.468. The van der Waals surface area contributed by atoms with E-state index in [4.69, 9.17) is 21.1 Å². The quantitative estimate of drug-likeness (QED) is 0.846. The van der Waals surface area contributed by atoms with E-state index in [1.807, 2.05) is 20.8 Å². The largest absolute Gasteiger partial charge is 0.444 e. The Labute approximate surface area is 134 Å². The summed E-state index contributed by atoms with van der Waals surface area (Å²) < 4.78 is 11.8. The zero-order chi connectivity index (χ0) is 15.5. The highest BCUT2D eigenvalue weighted by atomic mass is 35.5. The molecule has 2 rings (SSSR count). The van der Waals surface area contributed by atoms with Gasteiger partial charge in [0.15, 0.2) is 4.47 Å². The standard InChI is InChI=1S/C14H21ClN2O3S/c1-14(2,3)20-13(18)17-6-4-5-10(8-17)19-9-11-7-16-12(15)21-11/h7,10H,4-6,8-9H2,1-3H3/t10-/m0/s1. The molecule has 0 saturated carbocycles. The highest BCUT2D eigenvalue weighted by Crippen LogP contribution is 2.21.